The highest BCUT2D eigenvalue weighted by Gasteiger charge is 2.40. The maximum Gasteiger partial charge on any atom is 0.0337 e. The molecule has 0 aromatic heterocycles. The quantitative estimate of drug-likeness (QED) is 0.694. The van der Waals surface area contributed by atoms with Crippen molar-refractivity contribution in [1.29, 1.82) is 0 Å². The summed E-state index contributed by atoms with van der Waals surface area (Å²) in [6.07, 6.45) is 8.81. The molecule has 2 saturated carbocycles. The first-order chi connectivity index (χ1) is 8.22. The van der Waals surface area contributed by atoms with Gasteiger partial charge in [0.2, 0.25) is 0 Å². The highest BCUT2D eigenvalue weighted by molar-refractivity contribution is 6.20. The minimum Gasteiger partial charge on any atom is -0.303 e. The zero-order valence-corrected chi connectivity index (χ0v) is 11.8. The lowest BCUT2D eigenvalue weighted by Crippen LogP contribution is -2.39. The highest BCUT2D eigenvalue weighted by atomic mass is 35.5. The van der Waals surface area contributed by atoms with Crippen LogP contribution in [0.2, 0.25) is 0 Å². The molecule has 4 atom stereocenters. The Morgan fingerprint density at radius 2 is 1.88 bits per heavy atom. The normalized spacial score (nSPS) is 40.9. The minimum absolute atomic E-state index is 0.375. The van der Waals surface area contributed by atoms with Gasteiger partial charge in [-0.1, -0.05) is 6.42 Å². The van der Waals surface area contributed by atoms with Crippen LogP contribution in [0.3, 0.4) is 0 Å². The Morgan fingerprint density at radius 1 is 1.12 bits per heavy atom. The molecule has 3 rings (SSSR count). The molecule has 2 heteroatoms. The Labute approximate surface area is 111 Å². The summed E-state index contributed by atoms with van der Waals surface area (Å²) in [5.41, 5.74) is 0. The average Bonchev–Trinajstić information content (AvgIpc) is 2.91. The molecule has 0 N–H and O–H groups in total. The topological polar surface area (TPSA) is 3.24 Å². The predicted octanol–water partition coefficient (Wildman–Crippen LogP) is 3.76. The van der Waals surface area contributed by atoms with Gasteiger partial charge >= 0.3 is 0 Å². The van der Waals surface area contributed by atoms with Crippen molar-refractivity contribution in [3.63, 3.8) is 0 Å². The number of fused-ring (bicyclic) bond motifs is 2. The van der Waals surface area contributed by atoms with E-state index >= 15 is 0 Å². The lowest BCUT2D eigenvalue weighted by molar-refractivity contribution is 0.139. The predicted molar refractivity (Wildman–Crippen MR) is 73.4 cm³/mol. The molecule has 4 unspecified atom stereocenters. The summed E-state index contributed by atoms with van der Waals surface area (Å²) in [7, 11) is 0. The molecule has 1 heterocycles. The standard InChI is InChI=1S/C15H26ClN/c1-11(16)13-4-6-17(7-5-13)10-15-9-12-2-3-14(15)8-12/h11-15H,2-10H2,1H3. The Kier molecular flexibility index (Phi) is 3.68. The molecular formula is C15H26ClN. The molecule has 1 saturated heterocycles. The number of nitrogens with zero attached hydrogens (tertiary/aromatic N) is 1. The zero-order valence-electron chi connectivity index (χ0n) is 11.1. The molecule has 17 heavy (non-hydrogen) atoms. The summed E-state index contributed by atoms with van der Waals surface area (Å²) in [6, 6.07) is 0. The summed E-state index contributed by atoms with van der Waals surface area (Å²) >= 11 is 6.21. The number of halogens is 1. The van der Waals surface area contributed by atoms with E-state index in [9.17, 15) is 0 Å². The molecular weight excluding hydrogens is 230 g/mol. The van der Waals surface area contributed by atoms with Crippen LogP contribution < -0.4 is 0 Å². The van der Waals surface area contributed by atoms with E-state index in [2.05, 4.69) is 11.8 Å². The van der Waals surface area contributed by atoms with Gasteiger partial charge in [-0.05, 0) is 75.8 Å². The molecule has 98 valence electrons. The molecule has 0 aromatic carbocycles. The van der Waals surface area contributed by atoms with E-state index in [1.165, 1.54) is 51.7 Å². The molecule has 0 spiro atoms. The number of alkyl halides is 1. The van der Waals surface area contributed by atoms with Crippen LogP contribution in [0.4, 0.5) is 0 Å². The fourth-order valence-corrected chi connectivity index (χ4v) is 4.78. The van der Waals surface area contributed by atoms with Crippen LogP contribution in [0.15, 0.2) is 0 Å². The second-order valence-corrected chi connectivity index (χ2v) is 7.44. The molecule has 0 radical (unpaired) electrons. The number of likely N-dealkylation sites (tertiary alicyclic amines) is 1. The monoisotopic (exact) mass is 255 g/mol. The van der Waals surface area contributed by atoms with Crippen LogP contribution in [0.25, 0.3) is 0 Å². The van der Waals surface area contributed by atoms with Crippen LogP contribution in [-0.2, 0) is 0 Å². The smallest absolute Gasteiger partial charge is 0.0337 e. The molecule has 2 bridgehead atoms. The van der Waals surface area contributed by atoms with E-state index in [1.807, 2.05) is 0 Å². The fraction of sp³-hybridized carbons (Fsp3) is 1.00. The van der Waals surface area contributed by atoms with Crippen molar-refractivity contribution in [1.82, 2.24) is 4.90 Å². The summed E-state index contributed by atoms with van der Waals surface area (Å²) in [5.74, 6) is 4.00. The second kappa shape index (κ2) is 5.09. The van der Waals surface area contributed by atoms with Gasteiger partial charge in [0.05, 0.1) is 0 Å². The highest BCUT2D eigenvalue weighted by Crippen LogP contribution is 2.48. The van der Waals surface area contributed by atoms with Crippen molar-refractivity contribution < 1.29 is 0 Å². The summed E-state index contributed by atoms with van der Waals surface area (Å²) in [6.45, 7) is 6.16. The molecule has 3 aliphatic rings. The number of hydrogen-bond acceptors (Lipinski definition) is 1. The van der Waals surface area contributed by atoms with Gasteiger partial charge in [0.1, 0.15) is 0 Å². The number of rotatable bonds is 3. The summed E-state index contributed by atoms with van der Waals surface area (Å²) < 4.78 is 0. The Bertz CT molecular complexity index is 258. The van der Waals surface area contributed by atoms with Gasteiger partial charge in [0, 0.05) is 11.9 Å². The molecule has 0 aromatic rings. The number of hydrogen-bond donors (Lipinski definition) is 0. The molecule has 1 aliphatic heterocycles. The van der Waals surface area contributed by atoms with Crippen molar-refractivity contribution >= 4 is 11.6 Å². The van der Waals surface area contributed by atoms with Crippen molar-refractivity contribution in [2.24, 2.45) is 23.7 Å². The van der Waals surface area contributed by atoms with Crippen LogP contribution in [-0.4, -0.2) is 29.9 Å². The average molecular weight is 256 g/mol. The van der Waals surface area contributed by atoms with Gasteiger partial charge in [-0.25, -0.2) is 0 Å². The Hall–Kier alpha value is 0.250. The first-order valence-electron chi connectivity index (χ1n) is 7.59. The van der Waals surface area contributed by atoms with Crippen molar-refractivity contribution in [2.45, 2.75) is 50.8 Å². The van der Waals surface area contributed by atoms with Crippen molar-refractivity contribution in [2.75, 3.05) is 19.6 Å². The molecule has 1 nitrogen and oxygen atoms in total. The first kappa shape index (κ1) is 12.3. The van der Waals surface area contributed by atoms with E-state index in [0.717, 1.165) is 23.7 Å². The summed E-state index contributed by atoms with van der Waals surface area (Å²) in [4.78, 5) is 2.72. The Balaban J connectivity index is 1.45. The van der Waals surface area contributed by atoms with Gasteiger partial charge in [-0.15, -0.1) is 11.6 Å². The second-order valence-electron chi connectivity index (χ2n) is 6.75. The van der Waals surface area contributed by atoms with Crippen LogP contribution in [0.1, 0.15) is 45.4 Å². The van der Waals surface area contributed by atoms with E-state index in [4.69, 9.17) is 11.6 Å². The lowest BCUT2D eigenvalue weighted by Gasteiger charge is -2.36. The van der Waals surface area contributed by atoms with Crippen LogP contribution >= 0.6 is 11.6 Å². The molecule has 2 aliphatic carbocycles. The zero-order chi connectivity index (χ0) is 11.8. The fourth-order valence-electron chi connectivity index (χ4n) is 4.53. The van der Waals surface area contributed by atoms with Crippen LogP contribution in [0, 0.1) is 23.7 Å². The molecule has 0 amide bonds. The maximum absolute atomic E-state index is 6.21. The van der Waals surface area contributed by atoms with Gasteiger partial charge in [0.15, 0.2) is 0 Å². The molecule has 3 fully saturated rings. The maximum atomic E-state index is 6.21. The SMILES string of the molecule is CC(Cl)C1CCN(CC2CC3CCC2C3)CC1. The summed E-state index contributed by atoms with van der Waals surface area (Å²) in [5, 5.41) is 0.375. The third-order valence-electron chi connectivity index (χ3n) is 5.66. The third kappa shape index (κ3) is 2.66. The first-order valence-corrected chi connectivity index (χ1v) is 8.02. The van der Waals surface area contributed by atoms with Crippen molar-refractivity contribution in [3.8, 4) is 0 Å². The Morgan fingerprint density at radius 3 is 2.41 bits per heavy atom. The van der Waals surface area contributed by atoms with Gasteiger partial charge < -0.3 is 4.90 Å². The van der Waals surface area contributed by atoms with E-state index in [-0.39, 0.29) is 0 Å². The van der Waals surface area contributed by atoms with Gasteiger partial charge in [-0.3, -0.25) is 0 Å². The lowest BCUT2D eigenvalue weighted by atomic mass is 9.87. The largest absolute Gasteiger partial charge is 0.303 e. The van der Waals surface area contributed by atoms with E-state index in [1.54, 1.807) is 6.42 Å². The minimum atomic E-state index is 0.375. The van der Waals surface area contributed by atoms with E-state index < -0.39 is 0 Å². The van der Waals surface area contributed by atoms with Crippen LogP contribution in [0.5, 0.6) is 0 Å². The van der Waals surface area contributed by atoms with Gasteiger partial charge in [-0.2, -0.15) is 0 Å². The number of piperidine rings is 1. The van der Waals surface area contributed by atoms with E-state index in [0.29, 0.717) is 5.38 Å². The van der Waals surface area contributed by atoms with Gasteiger partial charge in [0.25, 0.3) is 0 Å². The third-order valence-corrected chi connectivity index (χ3v) is 6.02. The van der Waals surface area contributed by atoms with Crippen molar-refractivity contribution in [3.05, 3.63) is 0 Å².